The van der Waals surface area contributed by atoms with E-state index in [1.165, 1.54) is 45.5 Å². The van der Waals surface area contributed by atoms with Crippen LogP contribution in [0.25, 0.3) is 0 Å². The van der Waals surface area contributed by atoms with Crippen molar-refractivity contribution in [3.63, 3.8) is 0 Å². The van der Waals surface area contributed by atoms with Crippen LogP contribution in [0.1, 0.15) is 31.2 Å². The summed E-state index contributed by atoms with van der Waals surface area (Å²) in [6.07, 6.45) is 5.00. The van der Waals surface area contributed by atoms with Crippen LogP contribution in [0.4, 0.5) is 8.78 Å². The Labute approximate surface area is 130 Å². The maximum absolute atomic E-state index is 14.1. The van der Waals surface area contributed by atoms with Gasteiger partial charge in [-0.2, -0.15) is 0 Å². The fourth-order valence-corrected chi connectivity index (χ4v) is 3.67. The predicted octanol–water partition coefficient (Wildman–Crippen LogP) is 3.03. The highest BCUT2D eigenvalue weighted by atomic mass is 19.2. The fourth-order valence-electron chi connectivity index (χ4n) is 3.67. The molecule has 0 amide bonds. The molecule has 2 fully saturated rings. The standard InChI is InChI=1S/C17H24F2N2O/c1-22-16-6-5-15(18)17(19)14(16)12-20-10-7-13(11-20)21-8-3-2-4-9-21/h5-6,13H,2-4,7-12H2,1H3/t13-/m1/s1. The third-order valence-electron chi connectivity index (χ3n) is 4.91. The Morgan fingerprint density at radius 3 is 2.64 bits per heavy atom. The van der Waals surface area contributed by atoms with Crippen LogP contribution < -0.4 is 4.74 Å². The Morgan fingerprint density at radius 2 is 1.91 bits per heavy atom. The van der Waals surface area contributed by atoms with Crippen LogP contribution in [0, 0.1) is 11.6 Å². The molecule has 0 unspecified atom stereocenters. The highest BCUT2D eigenvalue weighted by Crippen LogP contribution is 2.28. The zero-order valence-electron chi connectivity index (χ0n) is 13.2. The van der Waals surface area contributed by atoms with E-state index in [4.69, 9.17) is 4.74 Å². The van der Waals surface area contributed by atoms with E-state index in [0.717, 1.165) is 25.6 Å². The zero-order valence-corrected chi connectivity index (χ0v) is 13.2. The molecule has 3 rings (SSSR count). The molecule has 1 atom stereocenters. The molecular formula is C17H24F2N2O. The van der Waals surface area contributed by atoms with Crippen molar-refractivity contribution in [3.8, 4) is 5.75 Å². The van der Waals surface area contributed by atoms with Crippen LogP contribution in [0.3, 0.4) is 0 Å². The number of hydrogen-bond donors (Lipinski definition) is 0. The molecule has 0 bridgehead atoms. The highest BCUT2D eigenvalue weighted by Gasteiger charge is 2.29. The van der Waals surface area contributed by atoms with E-state index >= 15 is 0 Å². The molecule has 0 saturated carbocycles. The zero-order chi connectivity index (χ0) is 15.5. The number of likely N-dealkylation sites (tertiary alicyclic amines) is 2. The summed E-state index contributed by atoms with van der Waals surface area (Å²) in [6.45, 7) is 4.63. The second-order valence-electron chi connectivity index (χ2n) is 6.32. The third kappa shape index (κ3) is 3.25. The molecule has 1 aromatic carbocycles. The van der Waals surface area contributed by atoms with Gasteiger partial charge in [-0.25, -0.2) is 8.78 Å². The molecule has 0 N–H and O–H groups in total. The lowest BCUT2D eigenvalue weighted by molar-refractivity contribution is 0.160. The minimum absolute atomic E-state index is 0.335. The average molecular weight is 310 g/mol. The van der Waals surface area contributed by atoms with E-state index in [1.807, 2.05) is 0 Å². The molecule has 0 aromatic heterocycles. The van der Waals surface area contributed by atoms with Gasteiger partial charge in [0.25, 0.3) is 0 Å². The van der Waals surface area contributed by atoms with Gasteiger partial charge in [0.2, 0.25) is 0 Å². The molecule has 1 aromatic rings. The van der Waals surface area contributed by atoms with Gasteiger partial charge in [-0.15, -0.1) is 0 Å². The Balaban J connectivity index is 1.66. The van der Waals surface area contributed by atoms with Crippen LogP contribution in [0.2, 0.25) is 0 Å². The summed E-state index contributed by atoms with van der Waals surface area (Å²) in [4.78, 5) is 4.77. The van der Waals surface area contributed by atoms with E-state index in [1.54, 1.807) is 0 Å². The van der Waals surface area contributed by atoms with E-state index in [2.05, 4.69) is 9.80 Å². The average Bonchev–Trinajstić information content (AvgIpc) is 3.02. The summed E-state index contributed by atoms with van der Waals surface area (Å²) < 4.78 is 32.7. The smallest absolute Gasteiger partial charge is 0.167 e. The Kier molecular flexibility index (Phi) is 4.93. The number of ether oxygens (including phenoxy) is 1. The van der Waals surface area contributed by atoms with E-state index in [9.17, 15) is 8.78 Å². The second-order valence-corrected chi connectivity index (χ2v) is 6.32. The van der Waals surface area contributed by atoms with Crippen LogP contribution in [-0.4, -0.2) is 49.1 Å². The minimum atomic E-state index is -0.803. The van der Waals surface area contributed by atoms with Crippen LogP contribution in [-0.2, 0) is 6.54 Å². The normalized spacial score (nSPS) is 23.9. The lowest BCUT2D eigenvalue weighted by Gasteiger charge is -2.32. The van der Waals surface area contributed by atoms with Gasteiger partial charge in [0, 0.05) is 31.2 Å². The Hall–Kier alpha value is -1.20. The van der Waals surface area contributed by atoms with Crippen LogP contribution in [0.15, 0.2) is 12.1 Å². The lowest BCUT2D eigenvalue weighted by Crippen LogP contribution is -2.40. The molecule has 3 nitrogen and oxygen atoms in total. The monoisotopic (exact) mass is 310 g/mol. The molecule has 2 saturated heterocycles. The van der Waals surface area contributed by atoms with Crippen molar-refractivity contribution in [1.82, 2.24) is 9.80 Å². The topological polar surface area (TPSA) is 15.7 Å². The number of methoxy groups -OCH3 is 1. The maximum Gasteiger partial charge on any atom is 0.167 e. The second kappa shape index (κ2) is 6.92. The SMILES string of the molecule is COc1ccc(F)c(F)c1CN1CC[C@@H](N2CCCCC2)C1. The van der Waals surface area contributed by atoms with Gasteiger partial charge in [0.1, 0.15) is 5.75 Å². The quantitative estimate of drug-likeness (QED) is 0.850. The first-order chi connectivity index (χ1) is 10.7. The number of rotatable bonds is 4. The Morgan fingerprint density at radius 1 is 1.14 bits per heavy atom. The number of hydrogen-bond acceptors (Lipinski definition) is 3. The minimum Gasteiger partial charge on any atom is -0.496 e. The predicted molar refractivity (Wildman–Crippen MR) is 82.0 cm³/mol. The van der Waals surface area contributed by atoms with Crippen molar-refractivity contribution >= 4 is 0 Å². The van der Waals surface area contributed by atoms with Crippen LogP contribution in [0.5, 0.6) is 5.75 Å². The van der Waals surface area contributed by atoms with Gasteiger partial charge in [0.05, 0.1) is 7.11 Å². The summed E-state index contributed by atoms with van der Waals surface area (Å²) in [5, 5.41) is 0. The van der Waals surface area contributed by atoms with Crippen molar-refractivity contribution in [2.75, 3.05) is 33.3 Å². The van der Waals surface area contributed by atoms with Crippen molar-refractivity contribution < 1.29 is 13.5 Å². The summed E-state index contributed by atoms with van der Waals surface area (Å²) in [6, 6.07) is 3.19. The number of piperidine rings is 1. The number of benzene rings is 1. The molecule has 122 valence electrons. The summed E-state index contributed by atoms with van der Waals surface area (Å²) >= 11 is 0. The molecule has 22 heavy (non-hydrogen) atoms. The van der Waals surface area contributed by atoms with Gasteiger partial charge < -0.3 is 4.74 Å². The van der Waals surface area contributed by atoms with Crippen molar-refractivity contribution in [2.24, 2.45) is 0 Å². The maximum atomic E-state index is 14.1. The first kappa shape index (κ1) is 15.7. The first-order valence-corrected chi connectivity index (χ1v) is 8.16. The van der Waals surface area contributed by atoms with Crippen molar-refractivity contribution in [1.29, 1.82) is 0 Å². The molecule has 0 aliphatic carbocycles. The number of halogens is 2. The summed E-state index contributed by atoms with van der Waals surface area (Å²) in [5.41, 5.74) is 0.335. The summed E-state index contributed by atoms with van der Waals surface area (Å²) in [7, 11) is 1.50. The molecule has 2 heterocycles. The van der Waals surface area contributed by atoms with E-state index in [-0.39, 0.29) is 0 Å². The summed E-state index contributed by atoms with van der Waals surface area (Å²) in [5.74, 6) is -1.15. The third-order valence-corrected chi connectivity index (χ3v) is 4.91. The molecule has 0 radical (unpaired) electrons. The van der Waals surface area contributed by atoms with Gasteiger partial charge in [-0.1, -0.05) is 6.42 Å². The van der Waals surface area contributed by atoms with Gasteiger partial charge in [-0.05, 0) is 44.5 Å². The van der Waals surface area contributed by atoms with Crippen LogP contribution >= 0.6 is 0 Å². The van der Waals surface area contributed by atoms with Crippen molar-refractivity contribution in [2.45, 2.75) is 38.3 Å². The highest BCUT2D eigenvalue weighted by molar-refractivity contribution is 5.35. The molecular weight excluding hydrogens is 286 g/mol. The largest absolute Gasteiger partial charge is 0.496 e. The first-order valence-electron chi connectivity index (χ1n) is 8.16. The lowest BCUT2D eigenvalue weighted by atomic mass is 10.1. The van der Waals surface area contributed by atoms with Gasteiger partial charge in [0.15, 0.2) is 11.6 Å². The number of nitrogens with zero attached hydrogens (tertiary/aromatic N) is 2. The van der Waals surface area contributed by atoms with Gasteiger partial charge >= 0.3 is 0 Å². The van der Waals surface area contributed by atoms with Crippen molar-refractivity contribution in [3.05, 3.63) is 29.3 Å². The molecule has 5 heteroatoms. The molecule has 2 aliphatic heterocycles. The van der Waals surface area contributed by atoms with E-state index in [0.29, 0.717) is 23.9 Å². The Bertz CT molecular complexity index is 518. The fraction of sp³-hybridized carbons (Fsp3) is 0.647. The van der Waals surface area contributed by atoms with E-state index < -0.39 is 11.6 Å². The molecule has 0 spiro atoms. The molecule has 2 aliphatic rings. The van der Waals surface area contributed by atoms with Gasteiger partial charge in [-0.3, -0.25) is 9.80 Å².